The SMILES string of the molecule is COc1cccc(CN2CCC(CN3C(=O)c4cc5ccccc5n4C3C)CC2)c1. The van der Waals surface area contributed by atoms with Crippen molar-refractivity contribution in [3.63, 3.8) is 0 Å². The van der Waals surface area contributed by atoms with Crippen LogP contribution in [0.5, 0.6) is 5.75 Å². The number of fused-ring (bicyclic) bond motifs is 3. The van der Waals surface area contributed by atoms with Gasteiger partial charge in [-0.15, -0.1) is 0 Å². The van der Waals surface area contributed by atoms with Crippen molar-refractivity contribution < 1.29 is 9.53 Å². The van der Waals surface area contributed by atoms with Crippen LogP contribution in [0.25, 0.3) is 10.9 Å². The van der Waals surface area contributed by atoms with Crippen LogP contribution in [0, 0.1) is 5.92 Å². The Morgan fingerprint density at radius 3 is 2.63 bits per heavy atom. The fraction of sp³-hybridized carbons (Fsp3) is 0.400. The summed E-state index contributed by atoms with van der Waals surface area (Å²) in [5.41, 5.74) is 3.28. The van der Waals surface area contributed by atoms with Crippen molar-refractivity contribution in [1.29, 1.82) is 0 Å². The summed E-state index contributed by atoms with van der Waals surface area (Å²) in [5.74, 6) is 1.66. The number of methoxy groups -OCH3 is 1. The topological polar surface area (TPSA) is 37.7 Å². The summed E-state index contributed by atoms with van der Waals surface area (Å²) >= 11 is 0. The molecule has 5 rings (SSSR count). The third-order valence-corrected chi connectivity index (χ3v) is 6.76. The third-order valence-electron chi connectivity index (χ3n) is 6.76. The molecule has 3 heterocycles. The molecular formula is C25H29N3O2. The highest BCUT2D eigenvalue weighted by molar-refractivity contribution is 6.01. The predicted octanol–water partition coefficient (Wildman–Crippen LogP) is 4.54. The predicted molar refractivity (Wildman–Crippen MR) is 119 cm³/mol. The van der Waals surface area contributed by atoms with Gasteiger partial charge in [-0.1, -0.05) is 30.3 Å². The van der Waals surface area contributed by atoms with E-state index in [-0.39, 0.29) is 12.1 Å². The Kier molecular flexibility index (Phi) is 4.99. The number of likely N-dealkylation sites (tertiary alicyclic amines) is 1. The second-order valence-electron chi connectivity index (χ2n) is 8.62. The van der Waals surface area contributed by atoms with Crippen LogP contribution in [0.2, 0.25) is 0 Å². The molecule has 0 spiro atoms. The summed E-state index contributed by atoms with van der Waals surface area (Å²) in [4.78, 5) is 17.7. The lowest BCUT2D eigenvalue weighted by atomic mass is 9.95. The molecule has 1 amide bonds. The molecule has 2 aliphatic heterocycles. The van der Waals surface area contributed by atoms with Crippen LogP contribution in [0.4, 0.5) is 0 Å². The number of nitrogens with zero attached hydrogens (tertiary/aromatic N) is 3. The van der Waals surface area contributed by atoms with Crippen molar-refractivity contribution in [2.75, 3.05) is 26.7 Å². The molecule has 2 aromatic carbocycles. The second-order valence-corrected chi connectivity index (χ2v) is 8.62. The normalized spacial score (nSPS) is 20.1. The van der Waals surface area contributed by atoms with E-state index in [1.165, 1.54) is 5.56 Å². The van der Waals surface area contributed by atoms with Crippen LogP contribution in [-0.2, 0) is 6.54 Å². The molecule has 156 valence electrons. The van der Waals surface area contributed by atoms with E-state index in [1.54, 1.807) is 7.11 Å². The van der Waals surface area contributed by atoms with Crippen LogP contribution < -0.4 is 4.74 Å². The largest absolute Gasteiger partial charge is 0.497 e. The van der Waals surface area contributed by atoms with Crippen LogP contribution >= 0.6 is 0 Å². The van der Waals surface area contributed by atoms with Gasteiger partial charge in [-0.3, -0.25) is 9.69 Å². The zero-order valence-corrected chi connectivity index (χ0v) is 17.8. The molecule has 1 atom stereocenters. The Morgan fingerprint density at radius 1 is 1.03 bits per heavy atom. The zero-order chi connectivity index (χ0) is 20.7. The van der Waals surface area contributed by atoms with Crippen molar-refractivity contribution in [3.05, 3.63) is 65.9 Å². The van der Waals surface area contributed by atoms with E-state index >= 15 is 0 Å². The molecule has 0 aliphatic carbocycles. The second kappa shape index (κ2) is 7.80. The van der Waals surface area contributed by atoms with Gasteiger partial charge in [0.25, 0.3) is 5.91 Å². The van der Waals surface area contributed by atoms with Gasteiger partial charge in [0.1, 0.15) is 17.6 Å². The first-order valence-electron chi connectivity index (χ1n) is 10.9. The quantitative estimate of drug-likeness (QED) is 0.628. The molecule has 1 unspecified atom stereocenters. The van der Waals surface area contributed by atoms with E-state index in [2.05, 4.69) is 51.6 Å². The highest BCUT2D eigenvalue weighted by Gasteiger charge is 2.36. The van der Waals surface area contributed by atoms with Gasteiger partial charge in [-0.25, -0.2) is 0 Å². The average molecular weight is 404 g/mol. The minimum absolute atomic E-state index is 0.0854. The first kappa shape index (κ1) is 19.2. The first-order valence-corrected chi connectivity index (χ1v) is 10.9. The Morgan fingerprint density at radius 2 is 1.83 bits per heavy atom. The summed E-state index contributed by atoms with van der Waals surface area (Å²) in [6.45, 7) is 6.11. The molecular weight excluding hydrogens is 374 g/mol. The summed E-state index contributed by atoms with van der Waals surface area (Å²) in [6, 6.07) is 18.7. The van der Waals surface area contributed by atoms with E-state index in [0.29, 0.717) is 5.92 Å². The molecule has 3 aromatic rings. The lowest BCUT2D eigenvalue weighted by Crippen LogP contribution is -2.39. The fourth-order valence-electron chi connectivity index (χ4n) is 5.07. The van der Waals surface area contributed by atoms with Gasteiger partial charge in [-0.2, -0.15) is 0 Å². The molecule has 1 fully saturated rings. The van der Waals surface area contributed by atoms with Gasteiger partial charge in [0.2, 0.25) is 0 Å². The zero-order valence-electron chi connectivity index (χ0n) is 17.8. The Bertz CT molecular complexity index is 1070. The monoisotopic (exact) mass is 403 g/mol. The van der Waals surface area contributed by atoms with Crippen molar-refractivity contribution in [2.24, 2.45) is 5.92 Å². The maximum absolute atomic E-state index is 13.1. The van der Waals surface area contributed by atoms with Gasteiger partial charge in [0.05, 0.1) is 12.6 Å². The minimum Gasteiger partial charge on any atom is -0.497 e. The molecule has 1 aromatic heterocycles. The molecule has 2 aliphatic rings. The lowest BCUT2D eigenvalue weighted by molar-refractivity contribution is 0.0626. The molecule has 5 nitrogen and oxygen atoms in total. The van der Waals surface area contributed by atoms with Crippen LogP contribution in [0.3, 0.4) is 0 Å². The van der Waals surface area contributed by atoms with Gasteiger partial charge in [0.15, 0.2) is 0 Å². The summed E-state index contributed by atoms with van der Waals surface area (Å²) in [5, 5.41) is 1.15. The smallest absolute Gasteiger partial charge is 0.272 e. The summed E-state index contributed by atoms with van der Waals surface area (Å²) < 4.78 is 7.55. The fourth-order valence-corrected chi connectivity index (χ4v) is 5.07. The number of hydrogen-bond donors (Lipinski definition) is 0. The maximum atomic E-state index is 13.1. The Balaban J connectivity index is 1.21. The van der Waals surface area contributed by atoms with Crippen molar-refractivity contribution in [3.8, 4) is 5.75 Å². The maximum Gasteiger partial charge on any atom is 0.272 e. The van der Waals surface area contributed by atoms with Crippen LogP contribution in [0.1, 0.15) is 42.0 Å². The number of piperidine rings is 1. The number of benzene rings is 2. The van der Waals surface area contributed by atoms with Crippen molar-refractivity contribution in [1.82, 2.24) is 14.4 Å². The van der Waals surface area contributed by atoms with E-state index in [9.17, 15) is 4.79 Å². The number of amides is 1. The van der Waals surface area contributed by atoms with Gasteiger partial charge < -0.3 is 14.2 Å². The van der Waals surface area contributed by atoms with Crippen molar-refractivity contribution in [2.45, 2.75) is 32.5 Å². The number of para-hydroxylation sites is 1. The molecule has 0 N–H and O–H groups in total. The number of carbonyl (C=O) groups excluding carboxylic acids is 1. The number of rotatable bonds is 5. The average Bonchev–Trinajstić information content (AvgIpc) is 3.27. The van der Waals surface area contributed by atoms with E-state index in [4.69, 9.17) is 4.74 Å². The van der Waals surface area contributed by atoms with Crippen LogP contribution in [0.15, 0.2) is 54.6 Å². The minimum atomic E-state index is 0.0854. The number of hydrogen-bond acceptors (Lipinski definition) is 3. The third kappa shape index (κ3) is 3.37. The molecule has 0 saturated carbocycles. The summed E-state index contributed by atoms with van der Waals surface area (Å²) in [7, 11) is 1.71. The van der Waals surface area contributed by atoms with Crippen LogP contribution in [-0.4, -0.2) is 47.0 Å². The number of carbonyl (C=O) groups is 1. The first-order chi connectivity index (χ1) is 14.6. The number of ether oxygens (including phenoxy) is 1. The molecule has 30 heavy (non-hydrogen) atoms. The molecule has 0 radical (unpaired) electrons. The van der Waals surface area contributed by atoms with E-state index in [1.807, 2.05) is 24.3 Å². The van der Waals surface area contributed by atoms with Gasteiger partial charge in [0, 0.05) is 18.5 Å². The molecule has 0 bridgehead atoms. The standard InChI is InChI=1S/C25H29N3O2/c1-18-27(25(29)24-15-21-7-3-4-9-23(21)28(18)24)17-19-10-12-26(13-11-19)16-20-6-5-8-22(14-20)30-2/h3-9,14-15,18-19H,10-13,16-17H2,1-2H3. The Hall–Kier alpha value is -2.79. The number of aromatic nitrogens is 1. The summed E-state index contributed by atoms with van der Waals surface area (Å²) in [6.07, 6.45) is 2.36. The molecule has 1 saturated heterocycles. The highest BCUT2D eigenvalue weighted by atomic mass is 16.5. The highest BCUT2D eigenvalue weighted by Crippen LogP contribution is 2.35. The van der Waals surface area contributed by atoms with Gasteiger partial charge in [-0.05, 0) is 68.6 Å². The molecule has 5 heteroatoms. The van der Waals surface area contributed by atoms with E-state index < -0.39 is 0 Å². The van der Waals surface area contributed by atoms with Gasteiger partial charge >= 0.3 is 0 Å². The Labute approximate surface area is 177 Å². The van der Waals surface area contributed by atoms with Crippen molar-refractivity contribution >= 4 is 16.8 Å². The van der Waals surface area contributed by atoms with E-state index in [0.717, 1.165) is 61.4 Å². The lowest BCUT2D eigenvalue weighted by Gasteiger charge is -2.35.